The van der Waals surface area contributed by atoms with Crippen LogP contribution in [-0.4, -0.2) is 34.2 Å². The molecule has 0 spiro atoms. The van der Waals surface area contributed by atoms with Gasteiger partial charge in [0.25, 0.3) is 0 Å². The number of ether oxygens (including phenoxy) is 4. The van der Waals surface area contributed by atoms with Crippen LogP contribution in [0.1, 0.15) is 21.6 Å². The molecule has 0 aliphatic carbocycles. The average Bonchev–Trinajstić information content (AvgIpc) is 2.90. The topological polar surface area (TPSA) is 57.9 Å². The molecular weight excluding hydrogens is 626 g/mol. The highest BCUT2D eigenvalue weighted by molar-refractivity contribution is 9.10. The monoisotopic (exact) mass is 649 g/mol. The van der Waals surface area contributed by atoms with E-state index in [1.165, 1.54) is 0 Å². The van der Waals surface area contributed by atoms with Crippen molar-refractivity contribution in [3.05, 3.63) is 87.1 Å². The van der Waals surface area contributed by atoms with E-state index < -0.39 is 0 Å². The van der Waals surface area contributed by atoms with Crippen LogP contribution in [0, 0.1) is 0 Å². The van der Waals surface area contributed by atoms with Crippen LogP contribution in [0.5, 0.6) is 23.0 Å². The van der Waals surface area contributed by atoms with Crippen molar-refractivity contribution in [3.8, 4) is 23.0 Å². The number of carbonyl (C=O) groups is 1. The van der Waals surface area contributed by atoms with Crippen molar-refractivity contribution in [1.82, 2.24) is 0 Å². The van der Waals surface area contributed by atoms with E-state index in [1.54, 1.807) is 52.7 Å². The van der Waals surface area contributed by atoms with Crippen molar-refractivity contribution in [1.29, 1.82) is 0 Å². The molecule has 0 aliphatic heterocycles. The molecule has 0 saturated heterocycles. The number of nitrogens with zero attached hydrogens (tertiary/aromatic N) is 1. The van der Waals surface area contributed by atoms with Gasteiger partial charge in [0.2, 0.25) is 12.3 Å². The molecule has 4 rings (SSSR count). The number of ketones is 1. The lowest BCUT2D eigenvalue weighted by Gasteiger charge is -2.14. The van der Waals surface area contributed by atoms with Crippen molar-refractivity contribution in [2.45, 2.75) is 13.0 Å². The molecule has 3 aromatic carbocycles. The number of hydrogen-bond donors (Lipinski definition) is 0. The maximum Gasteiger partial charge on any atom is 0.227 e. The highest BCUT2D eigenvalue weighted by atomic mass is 79.9. The number of halogens is 3. The van der Waals surface area contributed by atoms with Gasteiger partial charge in [-0.15, -0.1) is 0 Å². The molecule has 6 nitrogen and oxygen atoms in total. The van der Waals surface area contributed by atoms with Gasteiger partial charge in [0, 0.05) is 21.1 Å². The first-order chi connectivity index (χ1) is 17.4. The number of aromatic nitrogens is 1. The molecule has 4 aromatic rings. The standard InChI is InChI=1S/C28H26BrClNO5.BrH/c1-33-25-12-18-9-10-31(16-24(32)17-5-7-20(30)8-6-17)23(21(18)14-27(25)35-3)11-19-13-26(34-2)28(36-4)15-22(19)29;/h5-10,12-15H,11,16H2,1-4H3;1H/q+1;/p-1. The number of fused-ring (bicyclic) bond motifs is 1. The highest BCUT2D eigenvalue weighted by Crippen LogP contribution is 2.36. The molecule has 0 bridgehead atoms. The first kappa shape index (κ1) is 28.8. The Bertz CT molecular complexity index is 1430. The molecule has 0 N–H and O–H groups in total. The van der Waals surface area contributed by atoms with Gasteiger partial charge in [-0.05, 0) is 59.5 Å². The second kappa shape index (κ2) is 12.6. The Balaban J connectivity index is 0.00000380. The molecule has 1 aromatic heterocycles. The molecule has 37 heavy (non-hydrogen) atoms. The van der Waals surface area contributed by atoms with Crippen LogP contribution in [-0.2, 0) is 13.0 Å². The quantitative estimate of drug-likeness (QED) is 0.206. The summed E-state index contributed by atoms with van der Waals surface area (Å²) in [5, 5.41) is 2.50. The van der Waals surface area contributed by atoms with Crippen LogP contribution in [0.2, 0.25) is 5.02 Å². The molecule has 9 heteroatoms. The maximum absolute atomic E-state index is 13.2. The van der Waals surface area contributed by atoms with E-state index in [9.17, 15) is 4.79 Å². The summed E-state index contributed by atoms with van der Waals surface area (Å²) in [7, 11) is 6.43. The van der Waals surface area contributed by atoms with Crippen molar-refractivity contribution >= 4 is 44.1 Å². The molecule has 0 amide bonds. The smallest absolute Gasteiger partial charge is 0.227 e. The van der Waals surface area contributed by atoms with E-state index in [0.717, 1.165) is 26.5 Å². The van der Waals surface area contributed by atoms with Gasteiger partial charge in [-0.3, -0.25) is 4.79 Å². The maximum atomic E-state index is 13.2. The van der Waals surface area contributed by atoms with E-state index in [-0.39, 0.29) is 29.3 Å². The summed E-state index contributed by atoms with van der Waals surface area (Å²) >= 11 is 9.68. The fourth-order valence-corrected chi connectivity index (χ4v) is 4.72. The number of carbonyl (C=O) groups excluding carboxylic acids is 1. The zero-order valence-electron chi connectivity index (χ0n) is 20.8. The minimum Gasteiger partial charge on any atom is -1.00 e. The lowest BCUT2D eigenvalue weighted by Crippen LogP contribution is -3.00. The molecular formula is C28H26Br2ClNO5. The predicted molar refractivity (Wildman–Crippen MR) is 143 cm³/mol. The van der Waals surface area contributed by atoms with Crippen LogP contribution < -0.4 is 40.5 Å². The fourth-order valence-electron chi connectivity index (χ4n) is 4.14. The third kappa shape index (κ3) is 6.20. The second-order valence-electron chi connectivity index (χ2n) is 8.09. The summed E-state index contributed by atoms with van der Waals surface area (Å²) in [4.78, 5) is 13.2. The first-order valence-corrected chi connectivity index (χ1v) is 12.3. The first-order valence-electron chi connectivity index (χ1n) is 11.1. The number of rotatable bonds is 9. The Morgan fingerprint density at radius 3 is 2.03 bits per heavy atom. The van der Waals surface area contributed by atoms with Gasteiger partial charge in [0.15, 0.2) is 34.9 Å². The van der Waals surface area contributed by atoms with Gasteiger partial charge in [0.1, 0.15) is 0 Å². The van der Waals surface area contributed by atoms with E-state index in [4.69, 9.17) is 30.5 Å². The molecule has 0 atom stereocenters. The van der Waals surface area contributed by atoms with Gasteiger partial charge in [0.05, 0.1) is 40.2 Å². The third-order valence-corrected chi connectivity index (χ3v) is 7.03. The molecule has 1 heterocycles. The van der Waals surface area contributed by atoms with Crippen molar-refractivity contribution in [2.75, 3.05) is 28.4 Å². The molecule has 194 valence electrons. The van der Waals surface area contributed by atoms with E-state index in [1.807, 2.05) is 41.1 Å². The van der Waals surface area contributed by atoms with Gasteiger partial charge in [-0.25, -0.2) is 0 Å². The Hall–Kier alpha value is -2.81. The number of pyridine rings is 1. The fraction of sp³-hybridized carbons (Fsp3) is 0.214. The zero-order chi connectivity index (χ0) is 25.8. The summed E-state index contributed by atoms with van der Waals surface area (Å²) in [6.45, 7) is 0.159. The normalized spacial score (nSPS) is 10.5. The lowest BCUT2D eigenvalue weighted by atomic mass is 10.0. The molecule has 0 aliphatic rings. The molecule has 0 saturated carbocycles. The lowest BCUT2D eigenvalue weighted by molar-refractivity contribution is -0.688. The van der Waals surface area contributed by atoms with Crippen LogP contribution >= 0.6 is 27.5 Å². The summed E-state index contributed by atoms with van der Waals surface area (Å²) in [5.74, 6) is 2.48. The minimum atomic E-state index is -0.0240. The van der Waals surface area contributed by atoms with Gasteiger partial charge in [-0.2, -0.15) is 4.57 Å². The van der Waals surface area contributed by atoms with Gasteiger partial charge in [-0.1, -0.05) is 27.5 Å². The number of Topliss-reactive ketones (excluding diaryl/α,β-unsaturated/α-hetero) is 1. The largest absolute Gasteiger partial charge is 1.00 e. The minimum absolute atomic E-state index is 0. The number of hydrogen-bond acceptors (Lipinski definition) is 5. The zero-order valence-corrected chi connectivity index (χ0v) is 24.7. The Morgan fingerprint density at radius 1 is 0.838 bits per heavy atom. The SMILES string of the molecule is COc1cc(Br)c(Cc2c3cc(OC)c(OC)cc3cc[n+]2CC(=O)c2ccc(Cl)cc2)cc1OC.[Br-]. The van der Waals surface area contributed by atoms with Crippen molar-refractivity contribution in [2.24, 2.45) is 0 Å². The summed E-state index contributed by atoms with van der Waals surface area (Å²) < 4.78 is 24.9. The van der Waals surface area contributed by atoms with Gasteiger partial charge < -0.3 is 35.9 Å². The van der Waals surface area contributed by atoms with Crippen LogP contribution in [0.3, 0.4) is 0 Å². The average molecular weight is 652 g/mol. The van der Waals surface area contributed by atoms with Crippen LogP contribution in [0.25, 0.3) is 10.8 Å². The Morgan fingerprint density at radius 2 is 1.41 bits per heavy atom. The van der Waals surface area contributed by atoms with E-state index in [2.05, 4.69) is 15.9 Å². The highest BCUT2D eigenvalue weighted by Gasteiger charge is 2.23. The summed E-state index contributed by atoms with van der Waals surface area (Å²) in [6.07, 6.45) is 2.44. The summed E-state index contributed by atoms with van der Waals surface area (Å²) in [6, 6.07) is 16.6. The Kier molecular flexibility index (Phi) is 9.81. The molecule has 0 radical (unpaired) electrons. The number of benzene rings is 3. The van der Waals surface area contributed by atoms with Crippen molar-refractivity contribution < 1.29 is 45.3 Å². The second-order valence-corrected chi connectivity index (χ2v) is 9.38. The number of methoxy groups -OCH3 is 4. The Labute approximate surface area is 240 Å². The van der Waals surface area contributed by atoms with E-state index >= 15 is 0 Å². The van der Waals surface area contributed by atoms with E-state index in [0.29, 0.717) is 40.0 Å². The van der Waals surface area contributed by atoms with Crippen molar-refractivity contribution in [3.63, 3.8) is 0 Å². The summed E-state index contributed by atoms with van der Waals surface area (Å²) in [5.41, 5.74) is 2.50. The van der Waals surface area contributed by atoms with Gasteiger partial charge >= 0.3 is 0 Å². The van der Waals surface area contributed by atoms with Crippen LogP contribution in [0.15, 0.2) is 65.3 Å². The predicted octanol–water partition coefficient (Wildman–Crippen LogP) is 3.06. The van der Waals surface area contributed by atoms with Crippen LogP contribution in [0.4, 0.5) is 0 Å². The third-order valence-electron chi connectivity index (χ3n) is 6.04. The molecule has 0 fully saturated rings. The molecule has 0 unspecified atom stereocenters.